The van der Waals surface area contributed by atoms with Gasteiger partial charge in [-0.1, -0.05) is 42.8 Å². The molecule has 2 aliphatic heterocycles. The molecule has 35 heavy (non-hydrogen) atoms. The van der Waals surface area contributed by atoms with Gasteiger partial charge < -0.3 is 19.1 Å². The van der Waals surface area contributed by atoms with E-state index < -0.39 is 27.6 Å². The van der Waals surface area contributed by atoms with E-state index in [1.165, 1.54) is 0 Å². The van der Waals surface area contributed by atoms with E-state index in [1.54, 1.807) is 37.0 Å². The monoisotopic (exact) mass is 546 g/mol. The minimum absolute atomic E-state index is 0.0331. The van der Waals surface area contributed by atoms with E-state index in [-0.39, 0.29) is 31.1 Å². The zero-order valence-corrected chi connectivity index (χ0v) is 23.4. The van der Waals surface area contributed by atoms with Crippen molar-refractivity contribution in [2.24, 2.45) is 5.92 Å². The van der Waals surface area contributed by atoms with Crippen molar-refractivity contribution in [1.29, 1.82) is 0 Å². The van der Waals surface area contributed by atoms with E-state index in [2.05, 4.69) is 11.3 Å². The lowest BCUT2D eigenvalue weighted by Crippen LogP contribution is -2.42. The lowest BCUT2D eigenvalue weighted by molar-refractivity contribution is -0.159. The van der Waals surface area contributed by atoms with Crippen LogP contribution in [0.2, 0.25) is 10.0 Å². The molecule has 10 heteroatoms. The molecule has 0 aliphatic carbocycles. The highest BCUT2D eigenvalue weighted by Crippen LogP contribution is 2.40. The number of hydrogen-bond donors (Lipinski definition) is 1. The molecule has 196 valence electrons. The van der Waals surface area contributed by atoms with Gasteiger partial charge in [0.1, 0.15) is 12.4 Å². The summed E-state index contributed by atoms with van der Waals surface area (Å²) in [4.78, 5) is 14.9. The number of halogens is 2. The van der Waals surface area contributed by atoms with Gasteiger partial charge in [-0.25, -0.2) is 8.93 Å². The summed E-state index contributed by atoms with van der Waals surface area (Å²) in [5.74, 6) is -0.357. The van der Waals surface area contributed by atoms with E-state index in [0.29, 0.717) is 35.3 Å². The molecule has 2 fully saturated rings. The summed E-state index contributed by atoms with van der Waals surface area (Å²) in [7, 11) is -1.37. The number of nitrogens with one attached hydrogen (secondary N) is 1. The SMILES string of the molecule is C=CCOc1cc(Cl)c(Cl)cc1C(NS(=O)C(C)(C)CC)[C@H]1CCN(C(=O)[C@H]2COC(C)(C)O2)C1. The quantitative estimate of drug-likeness (QED) is 0.416. The van der Waals surface area contributed by atoms with Crippen molar-refractivity contribution in [3.8, 4) is 5.75 Å². The molecular formula is C25H36Cl2N2O5S. The zero-order chi connectivity index (χ0) is 26.0. The summed E-state index contributed by atoms with van der Waals surface area (Å²) in [5, 5.41) is 0.747. The number of rotatable bonds is 10. The first-order valence-electron chi connectivity index (χ1n) is 11.9. The fourth-order valence-corrected chi connectivity index (χ4v) is 5.61. The predicted molar refractivity (Wildman–Crippen MR) is 140 cm³/mol. The van der Waals surface area contributed by atoms with Crippen LogP contribution >= 0.6 is 23.2 Å². The van der Waals surface area contributed by atoms with Gasteiger partial charge in [0.2, 0.25) is 0 Å². The summed E-state index contributed by atoms with van der Waals surface area (Å²) in [6, 6.07) is 3.05. The average Bonchev–Trinajstić information content (AvgIpc) is 3.44. The van der Waals surface area contributed by atoms with Crippen LogP contribution < -0.4 is 9.46 Å². The van der Waals surface area contributed by atoms with Crippen molar-refractivity contribution in [2.45, 2.75) is 70.1 Å². The molecule has 7 nitrogen and oxygen atoms in total. The van der Waals surface area contributed by atoms with Crippen LogP contribution in [0.15, 0.2) is 24.8 Å². The summed E-state index contributed by atoms with van der Waals surface area (Å²) < 4.78 is 33.5. The maximum atomic E-state index is 13.4. The Morgan fingerprint density at radius 3 is 2.69 bits per heavy atom. The van der Waals surface area contributed by atoms with Crippen LogP contribution in [0.25, 0.3) is 0 Å². The van der Waals surface area contributed by atoms with Crippen molar-refractivity contribution in [3.05, 3.63) is 40.4 Å². The molecular weight excluding hydrogens is 511 g/mol. The smallest absolute Gasteiger partial charge is 0.254 e. The Hall–Kier alpha value is -1.16. The number of nitrogens with zero attached hydrogens (tertiary/aromatic N) is 1. The Labute approximate surface area is 221 Å². The van der Waals surface area contributed by atoms with Gasteiger partial charge in [0.05, 0.1) is 38.4 Å². The Bertz CT molecular complexity index is 971. The first-order chi connectivity index (χ1) is 16.4. The second-order valence-corrected chi connectivity index (χ2v) is 12.7. The fraction of sp³-hybridized carbons (Fsp3) is 0.640. The molecule has 1 amide bonds. The van der Waals surface area contributed by atoms with Gasteiger partial charge >= 0.3 is 0 Å². The van der Waals surface area contributed by atoms with Gasteiger partial charge in [0.25, 0.3) is 5.91 Å². The first kappa shape index (κ1) is 28.4. The maximum Gasteiger partial charge on any atom is 0.254 e. The topological polar surface area (TPSA) is 77.1 Å². The Kier molecular flexibility index (Phi) is 9.32. The number of carbonyl (C=O) groups excluding carboxylic acids is 1. The largest absolute Gasteiger partial charge is 0.489 e. The van der Waals surface area contributed by atoms with Gasteiger partial charge in [0.15, 0.2) is 11.9 Å². The van der Waals surface area contributed by atoms with Gasteiger partial charge in [0, 0.05) is 24.7 Å². The van der Waals surface area contributed by atoms with E-state index in [0.717, 1.165) is 12.0 Å². The van der Waals surface area contributed by atoms with Crippen LogP contribution in [0.4, 0.5) is 0 Å². The maximum absolute atomic E-state index is 13.4. The molecule has 0 bridgehead atoms. The molecule has 0 radical (unpaired) electrons. The zero-order valence-electron chi connectivity index (χ0n) is 21.1. The van der Waals surface area contributed by atoms with E-state index >= 15 is 0 Å². The van der Waals surface area contributed by atoms with Crippen LogP contribution in [0, 0.1) is 5.92 Å². The molecule has 1 aromatic rings. The lowest BCUT2D eigenvalue weighted by atomic mass is 9.92. The molecule has 3 rings (SSSR count). The minimum atomic E-state index is -1.37. The Morgan fingerprint density at radius 1 is 1.40 bits per heavy atom. The number of likely N-dealkylation sites (tertiary alicyclic amines) is 1. The highest BCUT2D eigenvalue weighted by Gasteiger charge is 2.43. The lowest BCUT2D eigenvalue weighted by Gasteiger charge is -2.31. The molecule has 1 N–H and O–H groups in total. The highest BCUT2D eigenvalue weighted by atomic mass is 35.5. The van der Waals surface area contributed by atoms with Crippen molar-refractivity contribution >= 4 is 40.1 Å². The van der Waals surface area contributed by atoms with Gasteiger partial charge in [-0.2, -0.15) is 0 Å². The molecule has 1 aromatic carbocycles. The normalized spacial score (nSPS) is 23.8. The second-order valence-electron chi connectivity index (χ2n) is 10.0. The molecule has 2 heterocycles. The van der Waals surface area contributed by atoms with Gasteiger partial charge in [-0.3, -0.25) is 4.79 Å². The molecule has 2 saturated heterocycles. The van der Waals surface area contributed by atoms with Crippen LogP contribution in [0.5, 0.6) is 5.75 Å². The predicted octanol–water partition coefficient (Wildman–Crippen LogP) is 5.04. The molecule has 4 atom stereocenters. The van der Waals surface area contributed by atoms with Gasteiger partial charge in [-0.15, -0.1) is 0 Å². The van der Waals surface area contributed by atoms with Crippen LogP contribution in [-0.4, -0.2) is 58.0 Å². The van der Waals surface area contributed by atoms with Crippen LogP contribution in [-0.2, 0) is 25.3 Å². The van der Waals surface area contributed by atoms with Crippen molar-refractivity contribution in [2.75, 3.05) is 26.3 Å². The highest BCUT2D eigenvalue weighted by molar-refractivity contribution is 7.84. The van der Waals surface area contributed by atoms with Crippen molar-refractivity contribution in [3.63, 3.8) is 0 Å². The number of amides is 1. The second kappa shape index (κ2) is 11.5. The summed E-state index contributed by atoms with van der Waals surface area (Å²) >= 11 is 12.7. The van der Waals surface area contributed by atoms with E-state index in [1.807, 2.05) is 20.8 Å². The van der Waals surface area contributed by atoms with Crippen LogP contribution in [0.3, 0.4) is 0 Å². The summed E-state index contributed by atoms with van der Waals surface area (Å²) in [6.45, 7) is 14.8. The third kappa shape index (κ3) is 6.79. The Morgan fingerprint density at radius 2 is 2.09 bits per heavy atom. The van der Waals surface area contributed by atoms with E-state index in [4.69, 9.17) is 37.4 Å². The number of ether oxygens (including phenoxy) is 3. The summed E-state index contributed by atoms with van der Waals surface area (Å²) in [6.07, 6.45) is 2.46. The molecule has 0 saturated carbocycles. The number of hydrogen-bond acceptors (Lipinski definition) is 5. The van der Waals surface area contributed by atoms with Gasteiger partial charge in [-0.05, 0) is 52.5 Å². The first-order valence-corrected chi connectivity index (χ1v) is 13.8. The molecule has 0 spiro atoms. The van der Waals surface area contributed by atoms with Crippen molar-refractivity contribution in [1.82, 2.24) is 9.62 Å². The average molecular weight is 548 g/mol. The van der Waals surface area contributed by atoms with Crippen LogP contribution in [0.1, 0.15) is 59.1 Å². The van der Waals surface area contributed by atoms with E-state index in [9.17, 15) is 9.00 Å². The molecule has 0 aromatic heterocycles. The number of benzene rings is 1. The van der Waals surface area contributed by atoms with Crippen molar-refractivity contribution < 1.29 is 23.2 Å². The standard InChI is InChI=1S/C25H36Cl2N2O5S/c1-7-11-32-20-13-19(27)18(26)12-17(20)22(28-35(31)24(3,4)8-2)16-9-10-29(14-16)23(30)21-15-33-25(5,6)34-21/h7,12-13,16,21-22,28H,1,8-11,14-15H2,2-6H3/t16-,21+,22?,35?/m0/s1. The number of carbonyl (C=O) groups is 1. The molecule has 2 unspecified atom stereocenters. The third-order valence-corrected chi connectivity index (χ3v) is 9.11. The fourth-order valence-electron chi connectivity index (χ4n) is 4.15. The third-order valence-electron chi connectivity index (χ3n) is 6.62. The molecule has 2 aliphatic rings. The summed E-state index contributed by atoms with van der Waals surface area (Å²) in [5.41, 5.74) is 0.752. The Balaban J connectivity index is 1.90. The minimum Gasteiger partial charge on any atom is -0.489 e.